The summed E-state index contributed by atoms with van der Waals surface area (Å²) in [5, 5.41) is 3.41. The summed E-state index contributed by atoms with van der Waals surface area (Å²) in [5.74, 6) is -0.100. The Bertz CT molecular complexity index is 249. The molecular weight excluding hydrogens is 202 g/mol. The molecule has 1 saturated carbocycles. The molecule has 0 aromatic rings. The number of carbonyl (C=O) groups is 1. The van der Waals surface area contributed by atoms with E-state index in [0.717, 1.165) is 25.7 Å². The van der Waals surface area contributed by atoms with Crippen molar-refractivity contribution in [1.82, 2.24) is 5.32 Å². The molecule has 0 bridgehead atoms. The molecule has 3 nitrogen and oxygen atoms in total. The molecule has 0 radical (unpaired) electrons. The lowest BCUT2D eigenvalue weighted by Gasteiger charge is -2.43. The monoisotopic (exact) mass is 227 g/mol. The molecule has 1 N–H and O–H groups in total. The number of carbonyl (C=O) groups excluding carboxylic acids is 1. The fourth-order valence-corrected chi connectivity index (χ4v) is 2.51. The Morgan fingerprint density at radius 2 is 1.69 bits per heavy atom. The molecule has 1 aliphatic carbocycles. The van der Waals surface area contributed by atoms with Gasteiger partial charge in [0.2, 0.25) is 0 Å². The summed E-state index contributed by atoms with van der Waals surface area (Å²) in [7, 11) is 1.48. The molecule has 3 heteroatoms. The Morgan fingerprint density at radius 3 is 2.06 bits per heavy atom. The Balaban J connectivity index is 2.78. The van der Waals surface area contributed by atoms with Gasteiger partial charge >= 0.3 is 5.97 Å². The molecule has 0 amide bonds. The first-order chi connectivity index (χ1) is 7.31. The number of methoxy groups -OCH3 is 1. The average Bonchev–Trinajstić information content (AvgIpc) is 2.20. The lowest BCUT2D eigenvalue weighted by Crippen LogP contribution is -2.57. The highest BCUT2D eigenvalue weighted by Crippen LogP contribution is 2.40. The van der Waals surface area contributed by atoms with Crippen LogP contribution in [-0.2, 0) is 9.53 Å². The van der Waals surface area contributed by atoms with Crippen LogP contribution in [-0.4, -0.2) is 24.7 Å². The van der Waals surface area contributed by atoms with Gasteiger partial charge in [-0.3, -0.25) is 10.1 Å². The Hall–Kier alpha value is -0.570. The van der Waals surface area contributed by atoms with Gasteiger partial charge in [0.05, 0.1) is 7.11 Å². The van der Waals surface area contributed by atoms with E-state index in [2.05, 4.69) is 33.0 Å². The van der Waals surface area contributed by atoms with Crippen LogP contribution < -0.4 is 5.32 Å². The summed E-state index contributed by atoms with van der Waals surface area (Å²) in [6.07, 6.45) is 3.90. The molecule has 1 rings (SSSR count). The third kappa shape index (κ3) is 2.97. The van der Waals surface area contributed by atoms with E-state index >= 15 is 0 Å². The lowest BCUT2D eigenvalue weighted by molar-refractivity contribution is -0.151. The number of rotatable bonds is 3. The van der Waals surface area contributed by atoms with Crippen molar-refractivity contribution < 1.29 is 9.53 Å². The van der Waals surface area contributed by atoms with E-state index in [0.29, 0.717) is 11.5 Å². The maximum absolute atomic E-state index is 12.0. The first kappa shape index (κ1) is 13.5. The van der Waals surface area contributed by atoms with E-state index in [1.165, 1.54) is 7.11 Å². The Kier molecular flexibility index (Phi) is 4.00. The summed E-state index contributed by atoms with van der Waals surface area (Å²) in [5.41, 5.74) is -0.0887. The first-order valence-corrected chi connectivity index (χ1v) is 6.17. The molecule has 0 atom stereocenters. The van der Waals surface area contributed by atoms with Crippen molar-refractivity contribution in [1.29, 1.82) is 0 Å². The van der Waals surface area contributed by atoms with Crippen LogP contribution in [0.4, 0.5) is 0 Å². The summed E-state index contributed by atoms with van der Waals surface area (Å²) in [6.45, 7) is 8.68. The van der Waals surface area contributed by atoms with Crippen LogP contribution in [0.5, 0.6) is 0 Å². The zero-order valence-electron chi connectivity index (χ0n) is 11.2. The summed E-state index contributed by atoms with van der Waals surface area (Å²) in [4.78, 5) is 12.0. The summed E-state index contributed by atoms with van der Waals surface area (Å²) >= 11 is 0. The quantitative estimate of drug-likeness (QED) is 0.753. The minimum atomic E-state index is -0.446. The maximum atomic E-state index is 12.0. The van der Waals surface area contributed by atoms with Crippen molar-refractivity contribution >= 4 is 5.97 Å². The minimum Gasteiger partial charge on any atom is -0.468 e. The average molecular weight is 227 g/mol. The van der Waals surface area contributed by atoms with Crippen molar-refractivity contribution in [2.24, 2.45) is 5.41 Å². The third-order valence-corrected chi connectivity index (χ3v) is 3.60. The fraction of sp³-hybridized carbons (Fsp3) is 0.923. The second-order valence-corrected chi connectivity index (χ2v) is 6.04. The predicted molar refractivity (Wildman–Crippen MR) is 65.3 cm³/mol. The molecular formula is C13H25NO2. The van der Waals surface area contributed by atoms with E-state index in [1.54, 1.807) is 0 Å². The number of esters is 1. The summed E-state index contributed by atoms with van der Waals surface area (Å²) < 4.78 is 4.96. The van der Waals surface area contributed by atoms with E-state index in [4.69, 9.17) is 4.74 Å². The fourth-order valence-electron chi connectivity index (χ4n) is 2.51. The van der Waals surface area contributed by atoms with Crippen molar-refractivity contribution in [3.05, 3.63) is 0 Å². The van der Waals surface area contributed by atoms with Gasteiger partial charge in [-0.25, -0.2) is 0 Å². The molecule has 16 heavy (non-hydrogen) atoms. The molecule has 0 aromatic heterocycles. The number of nitrogens with one attached hydrogen (secondary N) is 1. The van der Waals surface area contributed by atoms with Crippen molar-refractivity contribution in [3.63, 3.8) is 0 Å². The highest BCUT2D eigenvalue weighted by Gasteiger charge is 2.44. The molecule has 0 spiro atoms. The van der Waals surface area contributed by atoms with Crippen LogP contribution in [0, 0.1) is 5.41 Å². The van der Waals surface area contributed by atoms with E-state index in [1.807, 2.05) is 0 Å². The SMILES string of the molecule is COC(=O)C1(NC(C)C)CCC(C)(C)CC1. The van der Waals surface area contributed by atoms with Gasteiger partial charge in [-0.2, -0.15) is 0 Å². The van der Waals surface area contributed by atoms with Crippen LogP contribution in [0.3, 0.4) is 0 Å². The highest BCUT2D eigenvalue weighted by atomic mass is 16.5. The molecule has 1 fully saturated rings. The molecule has 94 valence electrons. The lowest BCUT2D eigenvalue weighted by atomic mass is 9.69. The van der Waals surface area contributed by atoms with Gasteiger partial charge in [0.1, 0.15) is 5.54 Å². The van der Waals surface area contributed by atoms with Gasteiger partial charge in [0, 0.05) is 6.04 Å². The Morgan fingerprint density at radius 1 is 1.19 bits per heavy atom. The topological polar surface area (TPSA) is 38.3 Å². The van der Waals surface area contributed by atoms with Crippen molar-refractivity contribution in [2.75, 3.05) is 7.11 Å². The van der Waals surface area contributed by atoms with Crippen LogP contribution in [0.15, 0.2) is 0 Å². The molecule has 0 aromatic carbocycles. The number of hydrogen-bond acceptors (Lipinski definition) is 3. The minimum absolute atomic E-state index is 0.100. The van der Waals surface area contributed by atoms with Crippen LogP contribution in [0.25, 0.3) is 0 Å². The standard InChI is InChI=1S/C13H25NO2/c1-10(2)14-13(11(15)16-5)8-6-12(3,4)7-9-13/h10,14H,6-9H2,1-5H3. The smallest absolute Gasteiger partial charge is 0.326 e. The third-order valence-electron chi connectivity index (χ3n) is 3.60. The van der Waals surface area contributed by atoms with Gasteiger partial charge in [-0.05, 0) is 44.9 Å². The van der Waals surface area contributed by atoms with E-state index in [9.17, 15) is 4.79 Å². The van der Waals surface area contributed by atoms with Gasteiger partial charge < -0.3 is 4.74 Å². The van der Waals surface area contributed by atoms with Gasteiger partial charge in [0.25, 0.3) is 0 Å². The van der Waals surface area contributed by atoms with Crippen molar-refractivity contribution in [2.45, 2.75) is 65.0 Å². The largest absolute Gasteiger partial charge is 0.468 e. The second kappa shape index (κ2) is 4.74. The molecule has 0 saturated heterocycles. The highest BCUT2D eigenvalue weighted by molar-refractivity contribution is 5.81. The van der Waals surface area contributed by atoms with E-state index in [-0.39, 0.29) is 5.97 Å². The number of hydrogen-bond donors (Lipinski definition) is 1. The normalized spacial score (nSPS) is 23.1. The Labute approximate surface area is 98.9 Å². The zero-order chi connectivity index (χ0) is 12.4. The van der Waals surface area contributed by atoms with Gasteiger partial charge in [0.15, 0.2) is 0 Å². The van der Waals surface area contributed by atoms with Gasteiger partial charge in [-0.1, -0.05) is 13.8 Å². The molecule has 0 heterocycles. The van der Waals surface area contributed by atoms with Crippen LogP contribution in [0.2, 0.25) is 0 Å². The molecule has 0 aliphatic heterocycles. The molecule has 1 aliphatic rings. The van der Waals surface area contributed by atoms with E-state index < -0.39 is 5.54 Å². The molecule has 0 unspecified atom stereocenters. The maximum Gasteiger partial charge on any atom is 0.326 e. The van der Waals surface area contributed by atoms with Crippen molar-refractivity contribution in [3.8, 4) is 0 Å². The zero-order valence-corrected chi connectivity index (χ0v) is 11.2. The summed E-state index contributed by atoms with van der Waals surface area (Å²) in [6, 6.07) is 0.306. The van der Waals surface area contributed by atoms with Crippen LogP contribution in [0.1, 0.15) is 53.4 Å². The second-order valence-electron chi connectivity index (χ2n) is 6.04. The predicted octanol–water partition coefficient (Wildman–Crippen LogP) is 2.50. The first-order valence-electron chi connectivity index (χ1n) is 6.17. The van der Waals surface area contributed by atoms with Gasteiger partial charge in [-0.15, -0.1) is 0 Å². The van der Waals surface area contributed by atoms with Crippen LogP contribution >= 0.6 is 0 Å². The number of ether oxygens (including phenoxy) is 1.